The summed E-state index contributed by atoms with van der Waals surface area (Å²) >= 11 is 0. The molecule has 0 bridgehead atoms. The van der Waals surface area contributed by atoms with Gasteiger partial charge in [0.2, 0.25) is 0 Å². The highest BCUT2D eigenvalue weighted by Gasteiger charge is 2.12. The van der Waals surface area contributed by atoms with Gasteiger partial charge >= 0.3 is 7.69 Å². The van der Waals surface area contributed by atoms with Gasteiger partial charge in [0.1, 0.15) is 18.1 Å². The van der Waals surface area contributed by atoms with Gasteiger partial charge in [0.25, 0.3) is 0 Å². The summed E-state index contributed by atoms with van der Waals surface area (Å²) in [5.41, 5.74) is 1.95. The standard InChI is InChI=1S/C16H18BO5/c1-12-8-16(22-17-18)15(21-11-19-2)9-14(12)20-10-13-6-4-3-5-7-13/h3-9,18H,10-11H2,1-2H3. The Bertz CT molecular complexity index is 589. The van der Waals surface area contributed by atoms with Gasteiger partial charge in [-0.2, -0.15) is 0 Å². The van der Waals surface area contributed by atoms with E-state index in [1.165, 1.54) is 7.11 Å². The van der Waals surface area contributed by atoms with E-state index < -0.39 is 0 Å². The molecule has 0 aliphatic rings. The zero-order chi connectivity index (χ0) is 15.8. The van der Waals surface area contributed by atoms with Crippen LogP contribution in [0.3, 0.4) is 0 Å². The molecule has 1 N–H and O–H groups in total. The van der Waals surface area contributed by atoms with Crippen LogP contribution in [0.15, 0.2) is 42.5 Å². The number of benzene rings is 2. The predicted octanol–water partition coefficient (Wildman–Crippen LogP) is 2.46. The topological polar surface area (TPSA) is 57.2 Å². The minimum absolute atomic E-state index is 0.0724. The van der Waals surface area contributed by atoms with E-state index in [9.17, 15) is 0 Å². The first-order valence-electron chi connectivity index (χ1n) is 6.80. The van der Waals surface area contributed by atoms with Gasteiger partial charge in [0.15, 0.2) is 12.5 Å². The van der Waals surface area contributed by atoms with Crippen LogP contribution in [0, 0.1) is 6.92 Å². The fourth-order valence-electron chi connectivity index (χ4n) is 1.92. The molecule has 0 atom stereocenters. The zero-order valence-corrected chi connectivity index (χ0v) is 12.6. The molecule has 2 aromatic carbocycles. The Kier molecular flexibility index (Phi) is 6.12. The van der Waals surface area contributed by atoms with Gasteiger partial charge in [-0.1, -0.05) is 30.3 Å². The Morgan fingerprint density at radius 2 is 1.77 bits per heavy atom. The normalized spacial score (nSPS) is 10.1. The zero-order valence-electron chi connectivity index (χ0n) is 12.6. The van der Waals surface area contributed by atoms with E-state index in [2.05, 4.69) is 0 Å². The molecule has 5 nitrogen and oxygen atoms in total. The number of hydrogen-bond acceptors (Lipinski definition) is 5. The van der Waals surface area contributed by atoms with Crippen molar-refractivity contribution < 1.29 is 23.9 Å². The average molecular weight is 301 g/mol. The molecule has 0 unspecified atom stereocenters. The van der Waals surface area contributed by atoms with Crippen molar-refractivity contribution in [2.24, 2.45) is 0 Å². The minimum atomic E-state index is 0.0724. The van der Waals surface area contributed by atoms with Crippen molar-refractivity contribution in [1.29, 1.82) is 0 Å². The van der Waals surface area contributed by atoms with Crippen molar-refractivity contribution in [3.05, 3.63) is 53.6 Å². The summed E-state index contributed by atoms with van der Waals surface area (Å²) in [6.45, 7) is 2.42. The van der Waals surface area contributed by atoms with Crippen molar-refractivity contribution in [1.82, 2.24) is 0 Å². The van der Waals surface area contributed by atoms with Crippen molar-refractivity contribution in [3.8, 4) is 17.2 Å². The van der Waals surface area contributed by atoms with E-state index in [1.54, 1.807) is 12.1 Å². The molecular weight excluding hydrogens is 283 g/mol. The van der Waals surface area contributed by atoms with Crippen LogP contribution in [-0.4, -0.2) is 26.6 Å². The van der Waals surface area contributed by atoms with Crippen LogP contribution < -0.4 is 14.1 Å². The molecule has 0 spiro atoms. The van der Waals surface area contributed by atoms with Gasteiger partial charge in [-0.25, -0.2) is 0 Å². The molecule has 6 heteroatoms. The van der Waals surface area contributed by atoms with E-state index in [0.717, 1.165) is 11.1 Å². The third kappa shape index (κ3) is 4.41. The van der Waals surface area contributed by atoms with Gasteiger partial charge in [0.05, 0.1) is 0 Å². The van der Waals surface area contributed by atoms with Gasteiger partial charge in [-0.15, -0.1) is 0 Å². The summed E-state index contributed by atoms with van der Waals surface area (Å²) in [5.74, 6) is 1.50. The highest BCUT2D eigenvalue weighted by atomic mass is 16.7. The van der Waals surface area contributed by atoms with Crippen LogP contribution in [-0.2, 0) is 11.3 Å². The highest BCUT2D eigenvalue weighted by Crippen LogP contribution is 2.35. The summed E-state index contributed by atoms with van der Waals surface area (Å²) in [6.07, 6.45) is 0. The third-order valence-electron chi connectivity index (χ3n) is 2.99. The first-order valence-corrected chi connectivity index (χ1v) is 6.80. The summed E-state index contributed by atoms with van der Waals surface area (Å²) in [6, 6.07) is 13.3. The molecule has 0 saturated carbocycles. The lowest BCUT2D eigenvalue weighted by Crippen LogP contribution is -2.06. The highest BCUT2D eigenvalue weighted by molar-refractivity contribution is 6.17. The lowest BCUT2D eigenvalue weighted by Gasteiger charge is -2.15. The molecule has 0 amide bonds. The Morgan fingerprint density at radius 1 is 1.00 bits per heavy atom. The SMILES string of the molecule is COCOc1cc(OCc2ccccc2)c(C)cc1O[B]O. The lowest BCUT2D eigenvalue weighted by atomic mass is 10.2. The second kappa shape index (κ2) is 8.31. The van der Waals surface area contributed by atoms with E-state index in [0.29, 0.717) is 31.5 Å². The number of rotatable bonds is 8. The first kappa shape index (κ1) is 16.2. The lowest BCUT2D eigenvalue weighted by molar-refractivity contribution is 0.0495. The number of methoxy groups -OCH3 is 1. The molecule has 1 radical (unpaired) electrons. The Morgan fingerprint density at radius 3 is 2.45 bits per heavy atom. The largest absolute Gasteiger partial charge is 0.569 e. The smallest absolute Gasteiger partial charge is 0.535 e. The Balaban J connectivity index is 2.15. The minimum Gasteiger partial charge on any atom is -0.535 e. The maximum Gasteiger partial charge on any atom is 0.569 e. The van der Waals surface area contributed by atoms with E-state index in [1.807, 2.05) is 37.3 Å². The van der Waals surface area contributed by atoms with Crippen molar-refractivity contribution in [2.75, 3.05) is 13.9 Å². The van der Waals surface area contributed by atoms with Crippen LogP contribution in [0.2, 0.25) is 0 Å². The molecule has 0 saturated heterocycles. The van der Waals surface area contributed by atoms with Gasteiger partial charge in [0, 0.05) is 13.2 Å². The molecule has 0 heterocycles. The monoisotopic (exact) mass is 301 g/mol. The molecule has 22 heavy (non-hydrogen) atoms. The van der Waals surface area contributed by atoms with Crippen LogP contribution in [0.1, 0.15) is 11.1 Å². The van der Waals surface area contributed by atoms with Gasteiger partial charge in [-0.3, -0.25) is 0 Å². The average Bonchev–Trinajstić information content (AvgIpc) is 2.54. The molecule has 2 rings (SSSR count). The molecule has 0 aliphatic carbocycles. The predicted molar refractivity (Wildman–Crippen MR) is 83.1 cm³/mol. The number of aryl methyl sites for hydroxylation is 1. The summed E-state index contributed by atoms with van der Waals surface area (Å²) in [4.78, 5) is 0. The molecular formula is C16H18BO5. The summed E-state index contributed by atoms with van der Waals surface area (Å²) < 4.78 is 21.2. The van der Waals surface area contributed by atoms with Crippen LogP contribution in [0.5, 0.6) is 17.2 Å². The molecule has 0 fully saturated rings. The molecule has 0 aliphatic heterocycles. The number of ether oxygens (including phenoxy) is 3. The van der Waals surface area contributed by atoms with Gasteiger partial charge in [-0.05, 0) is 24.1 Å². The summed E-state index contributed by atoms with van der Waals surface area (Å²) in [7, 11) is 2.14. The summed E-state index contributed by atoms with van der Waals surface area (Å²) in [5, 5.41) is 8.82. The Labute approximate surface area is 130 Å². The third-order valence-corrected chi connectivity index (χ3v) is 2.99. The van der Waals surface area contributed by atoms with Crippen molar-refractivity contribution in [3.63, 3.8) is 0 Å². The second-order valence-corrected chi connectivity index (χ2v) is 4.61. The molecule has 0 aromatic heterocycles. The van der Waals surface area contributed by atoms with E-state index in [-0.39, 0.29) is 6.79 Å². The van der Waals surface area contributed by atoms with Gasteiger partial charge < -0.3 is 23.9 Å². The number of hydrogen-bond donors (Lipinski definition) is 1. The maximum absolute atomic E-state index is 8.82. The first-order chi connectivity index (χ1) is 10.7. The van der Waals surface area contributed by atoms with Crippen LogP contribution >= 0.6 is 0 Å². The molecule has 2 aromatic rings. The second-order valence-electron chi connectivity index (χ2n) is 4.61. The molecule has 115 valence electrons. The fraction of sp³-hybridized carbons (Fsp3) is 0.250. The van der Waals surface area contributed by atoms with E-state index >= 15 is 0 Å². The maximum atomic E-state index is 8.82. The van der Waals surface area contributed by atoms with Crippen molar-refractivity contribution in [2.45, 2.75) is 13.5 Å². The van der Waals surface area contributed by atoms with Crippen molar-refractivity contribution >= 4 is 7.69 Å². The Hall–Kier alpha value is -2.18. The fourth-order valence-corrected chi connectivity index (χ4v) is 1.92. The van der Waals surface area contributed by atoms with Crippen LogP contribution in [0.25, 0.3) is 0 Å². The van der Waals surface area contributed by atoms with E-state index in [4.69, 9.17) is 23.9 Å². The van der Waals surface area contributed by atoms with Crippen LogP contribution in [0.4, 0.5) is 0 Å². The quantitative estimate of drug-likeness (QED) is 0.599.